The van der Waals surface area contributed by atoms with E-state index in [4.69, 9.17) is 32.7 Å². The highest BCUT2D eigenvalue weighted by molar-refractivity contribution is 7.92. The van der Waals surface area contributed by atoms with E-state index in [9.17, 15) is 8.42 Å². The molecule has 0 saturated carbocycles. The van der Waals surface area contributed by atoms with Crippen molar-refractivity contribution in [2.75, 3.05) is 11.3 Å². The van der Waals surface area contributed by atoms with E-state index in [0.29, 0.717) is 30.3 Å². The van der Waals surface area contributed by atoms with E-state index in [0.717, 1.165) is 0 Å². The Balaban J connectivity index is 1.46. The molecule has 0 fully saturated rings. The number of nitrogens with zero attached hydrogens (tertiary/aromatic N) is 2. The van der Waals surface area contributed by atoms with Crippen LogP contribution in [0.4, 0.5) is 5.69 Å². The number of aromatic nitrogens is 2. The highest BCUT2D eigenvalue weighted by Gasteiger charge is 2.22. The number of hydrogen-bond donors (Lipinski definition) is 1. The second-order valence-corrected chi connectivity index (χ2v) is 8.62. The van der Waals surface area contributed by atoms with Crippen molar-refractivity contribution in [1.82, 2.24) is 9.78 Å². The van der Waals surface area contributed by atoms with Crippen molar-refractivity contribution in [2.24, 2.45) is 0 Å². The largest absolute Gasteiger partial charge is 0.486 e. The minimum atomic E-state index is -3.90. The van der Waals surface area contributed by atoms with Crippen LogP contribution in [0.25, 0.3) is 0 Å². The van der Waals surface area contributed by atoms with Gasteiger partial charge in [-0.15, -0.1) is 0 Å². The van der Waals surface area contributed by atoms with E-state index in [2.05, 4.69) is 9.82 Å². The molecule has 1 unspecified atom stereocenters. The number of nitrogens with one attached hydrogen (secondary N) is 1. The molecule has 1 atom stereocenters. The summed E-state index contributed by atoms with van der Waals surface area (Å²) in [4.78, 5) is -0.102. The minimum Gasteiger partial charge on any atom is -0.486 e. The number of rotatable bonds is 5. The third-order valence-electron chi connectivity index (χ3n) is 4.03. The molecule has 0 radical (unpaired) electrons. The number of hydrogen-bond acceptors (Lipinski definition) is 5. The van der Waals surface area contributed by atoms with Gasteiger partial charge in [0, 0.05) is 11.2 Å². The lowest BCUT2D eigenvalue weighted by Crippen LogP contribution is -2.33. The highest BCUT2D eigenvalue weighted by Crippen LogP contribution is 2.31. The van der Waals surface area contributed by atoms with E-state index in [1.165, 1.54) is 24.4 Å². The highest BCUT2D eigenvalue weighted by atomic mass is 35.5. The van der Waals surface area contributed by atoms with Gasteiger partial charge in [-0.05, 0) is 30.3 Å². The second-order valence-electron chi connectivity index (χ2n) is 6.13. The number of fused-ring (bicyclic) bond motifs is 1. The third kappa shape index (κ3) is 4.04. The SMILES string of the molecule is O=S(=O)(Nc1cnn(CC2COc3ccccc3O2)c1)c1cc(Cl)ccc1Cl. The maximum absolute atomic E-state index is 12.6. The van der Waals surface area contributed by atoms with E-state index in [-0.39, 0.29) is 21.0 Å². The van der Waals surface area contributed by atoms with Crippen molar-refractivity contribution >= 4 is 38.9 Å². The van der Waals surface area contributed by atoms with Crippen LogP contribution >= 0.6 is 23.2 Å². The van der Waals surface area contributed by atoms with Gasteiger partial charge in [0.1, 0.15) is 11.5 Å². The Hall–Kier alpha value is -2.42. The Morgan fingerprint density at radius 1 is 1.18 bits per heavy atom. The molecule has 3 aromatic rings. The standard InChI is InChI=1S/C18H15Cl2N3O4S/c19-12-5-6-15(20)18(7-12)28(24,25)22-13-8-21-23(9-13)10-14-11-26-16-3-1-2-4-17(16)27-14/h1-9,14,22H,10-11H2. The van der Waals surface area contributed by atoms with Crippen molar-refractivity contribution in [3.63, 3.8) is 0 Å². The van der Waals surface area contributed by atoms with Gasteiger partial charge >= 0.3 is 0 Å². The molecule has 0 spiro atoms. The lowest BCUT2D eigenvalue weighted by Gasteiger charge is -2.26. The number of halogens is 2. The monoisotopic (exact) mass is 439 g/mol. The molecule has 0 bridgehead atoms. The molecule has 0 aliphatic carbocycles. The van der Waals surface area contributed by atoms with Gasteiger partial charge in [-0.1, -0.05) is 35.3 Å². The molecule has 2 aromatic carbocycles. The van der Waals surface area contributed by atoms with Crippen LogP contribution in [0, 0.1) is 0 Å². The summed E-state index contributed by atoms with van der Waals surface area (Å²) in [5.74, 6) is 1.37. The summed E-state index contributed by atoms with van der Waals surface area (Å²) in [6.45, 7) is 0.768. The summed E-state index contributed by atoms with van der Waals surface area (Å²) >= 11 is 11.9. The fourth-order valence-electron chi connectivity index (χ4n) is 2.77. The molecular weight excluding hydrogens is 425 g/mol. The molecule has 2 heterocycles. The van der Waals surface area contributed by atoms with Gasteiger partial charge in [0.25, 0.3) is 10.0 Å². The number of anilines is 1. The predicted octanol–water partition coefficient (Wildman–Crippen LogP) is 3.83. The fourth-order valence-corrected chi connectivity index (χ4v) is 4.56. The van der Waals surface area contributed by atoms with Crippen molar-refractivity contribution in [1.29, 1.82) is 0 Å². The first-order valence-electron chi connectivity index (χ1n) is 8.29. The maximum Gasteiger partial charge on any atom is 0.263 e. The lowest BCUT2D eigenvalue weighted by atomic mass is 10.2. The van der Waals surface area contributed by atoms with E-state index >= 15 is 0 Å². The summed E-state index contributed by atoms with van der Waals surface area (Å²) < 4.78 is 40.7. The zero-order chi connectivity index (χ0) is 19.7. The van der Waals surface area contributed by atoms with Gasteiger partial charge in [-0.25, -0.2) is 8.42 Å². The molecule has 1 aromatic heterocycles. The first kappa shape index (κ1) is 18.9. The Labute approximate surface area is 171 Å². The molecule has 28 heavy (non-hydrogen) atoms. The zero-order valence-corrected chi connectivity index (χ0v) is 16.7. The Kier molecular flexibility index (Phi) is 5.09. The molecule has 1 N–H and O–H groups in total. The van der Waals surface area contributed by atoms with Gasteiger partial charge in [-0.3, -0.25) is 9.40 Å². The average Bonchev–Trinajstić information content (AvgIpc) is 3.09. The first-order chi connectivity index (χ1) is 13.4. The predicted molar refractivity (Wildman–Crippen MR) is 106 cm³/mol. The van der Waals surface area contributed by atoms with Crippen molar-refractivity contribution < 1.29 is 17.9 Å². The van der Waals surface area contributed by atoms with Crippen LogP contribution in [0.5, 0.6) is 11.5 Å². The molecule has 1 aliphatic rings. The van der Waals surface area contributed by atoms with Gasteiger partial charge < -0.3 is 9.47 Å². The van der Waals surface area contributed by atoms with Crippen LogP contribution < -0.4 is 14.2 Å². The lowest BCUT2D eigenvalue weighted by molar-refractivity contribution is 0.0759. The van der Waals surface area contributed by atoms with Crippen LogP contribution in [0.2, 0.25) is 10.0 Å². The number of sulfonamides is 1. The molecule has 10 heteroatoms. The quantitative estimate of drug-likeness (QED) is 0.652. The Morgan fingerprint density at radius 3 is 2.79 bits per heavy atom. The van der Waals surface area contributed by atoms with E-state index in [1.54, 1.807) is 10.9 Å². The summed E-state index contributed by atoms with van der Waals surface area (Å²) in [5.41, 5.74) is 0.299. The number of ether oxygens (including phenoxy) is 2. The van der Waals surface area contributed by atoms with E-state index in [1.807, 2.05) is 24.3 Å². The number of para-hydroxylation sites is 2. The molecule has 146 valence electrons. The summed E-state index contributed by atoms with van der Waals surface area (Å²) in [6.07, 6.45) is 2.73. The van der Waals surface area contributed by atoms with Gasteiger partial charge in [0.15, 0.2) is 17.6 Å². The summed E-state index contributed by atoms with van der Waals surface area (Å²) in [5, 5.41) is 4.53. The molecule has 1 aliphatic heterocycles. The summed E-state index contributed by atoms with van der Waals surface area (Å²) in [7, 11) is -3.90. The fraction of sp³-hybridized carbons (Fsp3) is 0.167. The maximum atomic E-state index is 12.6. The van der Waals surface area contributed by atoms with Gasteiger partial charge in [-0.2, -0.15) is 5.10 Å². The molecule has 0 amide bonds. The Morgan fingerprint density at radius 2 is 1.96 bits per heavy atom. The molecule has 0 saturated heterocycles. The topological polar surface area (TPSA) is 82.5 Å². The van der Waals surface area contributed by atoms with Crippen LogP contribution in [0.1, 0.15) is 0 Å². The van der Waals surface area contributed by atoms with Crippen LogP contribution in [-0.2, 0) is 16.6 Å². The minimum absolute atomic E-state index is 0.0794. The van der Waals surface area contributed by atoms with Gasteiger partial charge in [0.2, 0.25) is 0 Å². The Bertz CT molecular complexity index is 1120. The zero-order valence-electron chi connectivity index (χ0n) is 14.4. The van der Waals surface area contributed by atoms with Crippen molar-refractivity contribution in [2.45, 2.75) is 17.5 Å². The molecular formula is C18H15Cl2N3O4S. The average molecular weight is 440 g/mol. The molecule has 4 rings (SSSR count). The van der Waals surface area contributed by atoms with E-state index < -0.39 is 10.0 Å². The van der Waals surface area contributed by atoms with Crippen molar-refractivity contribution in [3.8, 4) is 11.5 Å². The number of benzene rings is 2. The third-order valence-corrected chi connectivity index (χ3v) is 6.12. The second kappa shape index (κ2) is 7.54. The first-order valence-corrected chi connectivity index (χ1v) is 10.5. The normalized spacial score (nSPS) is 16.0. The van der Waals surface area contributed by atoms with Crippen LogP contribution in [0.15, 0.2) is 59.8 Å². The van der Waals surface area contributed by atoms with Crippen LogP contribution in [0.3, 0.4) is 0 Å². The molecule has 7 nitrogen and oxygen atoms in total. The smallest absolute Gasteiger partial charge is 0.263 e. The van der Waals surface area contributed by atoms with Crippen LogP contribution in [-0.4, -0.2) is 30.9 Å². The summed E-state index contributed by atoms with van der Waals surface area (Å²) in [6, 6.07) is 11.7. The van der Waals surface area contributed by atoms with Gasteiger partial charge in [0.05, 0.1) is 23.5 Å². The van der Waals surface area contributed by atoms with Crippen molar-refractivity contribution in [3.05, 3.63) is 64.9 Å².